The van der Waals surface area contributed by atoms with Gasteiger partial charge in [-0.15, -0.1) is 0 Å². The van der Waals surface area contributed by atoms with Crippen molar-refractivity contribution in [2.45, 2.75) is 52.9 Å². The van der Waals surface area contributed by atoms with E-state index in [0.717, 1.165) is 12.8 Å². The zero-order chi connectivity index (χ0) is 15.0. The van der Waals surface area contributed by atoms with Crippen LogP contribution in [-0.2, 0) is 11.2 Å². The van der Waals surface area contributed by atoms with Crippen LogP contribution >= 0.6 is 0 Å². The summed E-state index contributed by atoms with van der Waals surface area (Å²) in [5.74, 6) is 0.881. The van der Waals surface area contributed by atoms with Crippen molar-refractivity contribution in [2.75, 3.05) is 6.54 Å². The van der Waals surface area contributed by atoms with Crippen molar-refractivity contribution in [3.8, 4) is 6.07 Å². The lowest BCUT2D eigenvalue weighted by Crippen LogP contribution is -2.41. The average molecular weight is 278 g/mol. The molecule has 1 heterocycles. The van der Waals surface area contributed by atoms with Gasteiger partial charge in [-0.3, -0.25) is 4.79 Å². The Hall–Kier alpha value is -1.90. The highest BCUT2D eigenvalue weighted by molar-refractivity contribution is 5.85. The van der Waals surface area contributed by atoms with Crippen molar-refractivity contribution in [1.29, 1.82) is 5.26 Å². The van der Waals surface area contributed by atoms with Crippen LogP contribution in [0.4, 0.5) is 0 Å². The molecule has 1 N–H and O–H groups in total. The number of nitriles is 1. The highest BCUT2D eigenvalue weighted by atomic mass is 16.5. The van der Waals surface area contributed by atoms with Gasteiger partial charge in [-0.2, -0.15) is 10.2 Å². The Balaban J connectivity index is 2.56. The van der Waals surface area contributed by atoms with E-state index in [0.29, 0.717) is 37.5 Å². The van der Waals surface area contributed by atoms with Gasteiger partial charge >= 0.3 is 0 Å². The quantitative estimate of drug-likeness (QED) is 0.786. The van der Waals surface area contributed by atoms with Gasteiger partial charge in [-0.05, 0) is 19.8 Å². The van der Waals surface area contributed by atoms with Gasteiger partial charge in [0.1, 0.15) is 5.41 Å². The smallest absolute Gasteiger partial charge is 0.240 e. The van der Waals surface area contributed by atoms with Crippen LogP contribution in [-0.4, -0.2) is 22.6 Å². The summed E-state index contributed by atoms with van der Waals surface area (Å²) in [6.45, 7) is 6.11. The predicted octanol–water partition coefficient (Wildman–Crippen LogP) is 2.15. The number of carbonyl (C=O) groups is 1. The molecule has 0 radical (unpaired) electrons. The Morgan fingerprint density at radius 3 is 2.50 bits per heavy atom. The average Bonchev–Trinajstić information content (AvgIpc) is 2.84. The third-order valence-corrected chi connectivity index (χ3v) is 3.20. The van der Waals surface area contributed by atoms with Gasteiger partial charge in [-0.1, -0.05) is 31.8 Å². The fourth-order valence-electron chi connectivity index (χ4n) is 2.26. The summed E-state index contributed by atoms with van der Waals surface area (Å²) < 4.78 is 4.98. The van der Waals surface area contributed by atoms with Crippen molar-refractivity contribution >= 4 is 5.91 Å². The molecule has 110 valence electrons. The molecule has 0 fully saturated rings. The van der Waals surface area contributed by atoms with Crippen molar-refractivity contribution in [3.63, 3.8) is 0 Å². The Bertz CT molecular complexity index is 470. The SMILES string of the molecule is CCCC(C#N)(CCC)C(=O)NCCc1nc(C)no1. The number of aromatic nitrogens is 2. The van der Waals surface area contributed by atoms with Crippen LogP contribution in [0.5, 0.6) is 0 Å². The monoisotopic (exact) mass is 278 g/mol. The minimum atomic E-state index is -0.908. The lowest BCUT2D eigenvalue weighted by molar-refractivity contribution is -0.128. The summed E-state index contributed by atoms with van der Waals surface area (Å²) in [6, 6.07) is 2.21. The first kappa shape index (κ1) is 16.2. The van der Waals surface area contributed by atoms with Crippen molar-refractivity contribution in [2.24, 2.45) is 5.41 Å². The Labute approximate surface area is 119 Å². The maximum Gasteiger partial charge on any atom is 0.240 e. The molecule has 0 unspecified atom stereocenters. The number of rotatable bonds is 8. The summed E-state index contributed by atoms with van der Waals surface area (Å²) in [5.41, 5.74) is -0.908. The molecular weight excluding hydrogens is 256 g/mol. The van der Waals surface area contributed by atoms with Crippen LogP contribution in [0.1, 0.15) is 51.2 Å². The summed E-state index contributed by atoms with van der Waals surface area (Å²) in [5, 5.41) is 15.9. The number of hydrogen-bond acceptors (Lipinski definition) is 5. The second-order valence-electron chi connectivity index (χ2n) is 4.94. The number of hydrogen-bond donors (Lipinski definition) is 1. The van der Waals surface area contributed by atoms with Crippen molar-refractivity contribution < 1.29 is 9.32 Å². The number of amides is 1. The molecule has 1 amide bonds. The second-order valence-corrected chi connectivity index (χ2v) is 4.94. The van der Waals surface area contributed by atoms with E-state index in [4.69, 9.17) is 4.52 Å². The number of aryl methyl sites for hydroxylation is 1. The zero-order valence-electron chi connectivity index (χ0n) is 12.4. The molecule has 0 saturated carbocycles. The molecule has 0 aliphatic rings. The predicted molar refractivity (Wildman–Crippen MR) is 73.6 cm³/mol. The fraction of sp³-hybridized carbons (Fsp3) is 0.714. The fourth-order valence-corrected chi connectivity index (χ4v) is 2.26. The number of nitrogens with one attached hydrogen (secondary N) is 1. The normalized spacial score (nSPS) is 11.1. The van der Waals surface area contributed by atoms with Crippen LogP contribution in [0.2, 0.25) is 0 Å². The van der Waals surface area contributed by atoms with E-state index in [1.165, 1.54) is 0 Å². The minimum Gasteiger partial charge on any atom is -0.354 e. The molecule has 6 nitrogen and oxygen atoms in total. The first-order valence-corrected chi connectivity index (χ1v) is 7.06. The van der Waals surface area contributed by atoms with Gasteiger partial charge in [0.15, 0.2) is 5.82 Å². The summed E-state index contributed by atoms with van der Waals surface area (Å²) in [4.78, 5) is 16.3. The molecule has 0 atom stereocenters. The lowest BCUT2D eigenvalue weighted by atomic mass is 9.80. The van der Waals surface area contributed by atoms with Gasteiger partial charge in [0.2, 0.25) is 11.8 Å². The summed E-state index contributed by atoms with van der Waals surface area (Å²) in [6.07, 6.45) is 3.27. The van der Waals surface area contributed by atoms with E-state index < -0.39 is 5.41 Å². The molecular formula is C14H22N4O2. The molecule has 0 spiro atoms. The number of carbonyl (C=O) groups excluding carboxylic acids is 1. The topological polar surface area (TPSA) is 91.8 Å². The maximum atomic E-state index is 12.3. The zero-order valence-corrected chi connectivity index (χ0v) is 12.4. The van der Waals surface area contributed by atoms with Gasteiger partial charge in [-0.25, -0.2) is 0 Å². The Morgan fingerprint density at radius 1 is 1.40 bits per heavy atom. The van der Waals surface area contributed by atoms with E-state index in [2.05, 4.69) is 21.5 Å². The van der Waals surface area contributed by atoms with Crippen molar-refractivity contribution in [1.82, 2.24) is 15.5 Å². The molecule has 1 aromatic heterocycles. The Morgan fingerprint density at radius 2 is 2.05 bits per heavy atom. The van der Waals surface area contributed by atoms with E-state index in [1.54, 1.807) is 6.92 Å². The van der Waals surface area contributed by atoms with Gasteiger partial charge in [0.05, 0.1) is 6.07 Å². The first-order valence-electron chi connectivity index (χ1n) is 7.06. The first-order chi connectivity index (χ1) is 9.57. The molecule has 0 aliphatic heterocycles. The van der Waals surface area contributed by atoms with Crippen LogP contribution in [0.25, 0.3) is 0 Å². The van der Waals surface area contributed by atoms with E-state index in [1.807, 2.05) is 13.8 Å². The van der Waals surface area contributed by atoms with E-state index in [-0.39, 0.29) is 5.91 Å². The molecule has 20 heavy (non-hydrogen) atoms. The third-order valence-electron chi connectivity index (χ3n) is 3.20. The maximum absolute atomic E-state index is 12.3. The highest BCUT2D eigenvalue weighted by Gasteiger charge is 2.36. The van der Waals surface area contributed by atoms with Gasteiger partial charge < -0.3 is 9.84 Å². The molecule has 0 saturated heterocycles. The molecule has 6 heteroatoms. The number of nitrogens with zero attached hydrogens (tertiary/aromatic N) is 3. The summed E-state index contributed by atoms with van der Waals surface area (Å²) >= 11 is 0. The lowest BCUT2D eigenvalue weighted by Gasteiger charge is -2.24. The molecule has 1 aromatic rings. The van der Waals surface area contributed by atoms with Crippen molar-refractivity contribution in [3.05, 3.63) is 11.7 Å². The Kier molecular flexibility index (Phi) is 6.16. The molecule has 0 aliphatic carbocycles. The van der Waals surface area contributed by atoms with Crippen LogP contribution in [0.3, 0.4) is 0 Å². The third kappa shape index (κ3) is 4.05. The minimum absolute atomic E-state index is 0.195. The molecule has 0 aromatic carbocycles. The van der Waals surface area contributed by atoms with Crippen LogP contribution in [0.15, 0.2) is 4.52 Å². The van der Waals surface area contributed by atoms with Crippen LogP contribution < -0.4 is 5.32 Å². The largest absolute Gasteiger partial charge is 0.354 e. The molecule has 1 rings (SSSR count). The highest BCUT2D eigenvalue weighted by Crippen LogP contribution is 2.29. The summed E-state index contributed by atoms with van der Waals surface area (Å²) in [7, 11) is 0. The van der Waals surface area contributed by atoms with E-state index in [9.17, 15) is 10.1 Å². The van der Waals surface area contributed by atoms with Gasteiger partial charge in [0.25, 0.3) is 0 Å². The molecule has 0 bridgehead atoms. The van der Waals surface area contributed by atoms with E-state index >= 15 is 0 Å². The van der Waals surface area contributed by atoms with Crippen LogP contribution in [0, 0.1) is 23.7 Å². The second kappa shape index (κ2) is 7.63. The standard InChI is InChI=1S/C14H22N4O2/c1-4-7-14(10-15,8-5-2)13(19)16-9-6-12-17-11(3)18-20-12/h4-9H2,1-3H3,(H,16,19). The van der Waals surface area contributed by atoms with Gasteiger partial charge in [0, 0.05) is 13.0 Å².